The van der Waals surface area contributed by atoms with Gasteiger partial charge in [0.15, 0.2) is 0 Å². The highest BCUT2D eigenvalue weighted by atomic mass is 16.5. The van der Waals surface area contributed by atoms with Crippen LogP contribution in [-0.4, -0.2) is 72.6 Å². The first-order valence-electron chi connectivity index (χ1n) is 11.4. The maximum atomic E-state index is 13.1. The molecule has 0 aliphatic carbocycles. The fraction of sp³-hybridized carbons (Fsp3) is 0.440. The molecule has 8 nitrogen and oxygen atoms in total. The molecule has 4 rings (SSSR count). The molecule has 8 heteroatoms. The second-order valence-corrected chi connectivity index (χ2v) is 8.27. The number of morpholine rings is 1. The number of aryl methyl sites for hydroxylation is 1. The van der Waals surface area contributed by atoms with Gasteiger partial charge in [0.05, 0.1) is 25.4 Å². The molecule has 2 fully saturated rings. The largest absolute Gasteiger partial charge is 0.507 e. The van der Waals surface area contributed by atoms with Gasteiger partial charge in [-0.15, -0.1) is 0 Å². The molecule has 2 aromatic rings. The summed E-state index contributed by atoms with van der Waals surface area (Å²) in [7, 11) is 0. The van der Waals surface area contributed by atoms with Crippen LogP contribution in [0, 0.1) is 6.92 Å². The number of amides is 1. The fourth-order valence-corrected chi connectivity index (χ4v) is 4.17. The van der Waals surface area contributed by atoms with E-state index in [9.17, 15) is 14.7 Å². The SMILES string of the molecule is CCCOc1ccc(/C(O)=C2\C(=O)C(=O)N(CCN3CCOCC3)[C@H]2c2ccc(C)o2)cc1. The smallest absolute Gasteiger partial charge is 0.295 e. The average molecular weight is 455 g/mol. The Kier molecular flexibility index (Phi) is 7.15. The first-order chi connectivity index (χ1) is 16.0. The Bertz CT molecular complexity index is 1020. The van der Waals surface area contributed by atoms with Crippen LogP contribution >= 0.6 is 0 Å². The van der Waals surface area contributed by atoms with Gasteiger partial charge in [-0.25, -0.2) is 0 Å². The maximum Gasteiger partial charge on any atom is 0.295 e. The third kappa shape index (κ3) is 4.96. The standard InChI is InChI=1S/C25H30N2O6/c1-3-14-32-19-7-5-18(6-8-19)23(28)21-22(20-9-4-17(2)33-20)27(25(30)24(21)29)11-10-26-12-15-31-16-13-26/h4-9,22,28H,3,10-16H2,1-2H3/b23-21+/t22-/m0/s1. The van der Waals surface area contributed by atoms with E-state index in [0.29, 0.717) is 55.7 Å². The van der Waals surface area contributed by atoms with Crippen LogP contribution in [0.15, 0.2) is 46.4 Å². The quantitative estimate of drug-likeness (QED) is 0.372. The molecule has 33 heavy (non-hydrogen) atoms. The topological polar surface area (TPSA) is 92.5 Å². The number of hydrogen-bond acceptors (Lipinski definition) is 7. The van der Waals surface area contributed by atoms with Crippen LogP contribution in [0.5, 0.6) is 5.75 Å². The first kappa shape index (κ1) is 23.1. The lowest BCUT2D eigenvalue weighted by Gasteiger charge is -2.30. The Morgan fingerprint density at radius 3 is 2.45 bits per heavy atom. The minimum atomic E-state index is -0.782. The first-order valence-corrected chi connectivity index (χ1v) is 11.4. The summed E-state index contributed by atoms with van der Waals surface area (Å²) in [4.78, 5) is 29.8. The summed E-state index contributed by atoms with van der Waals surface area (Å²) in [5.41, 5.74) is 0.483. The number of aliphatic hydroxyl groups is 1. The second-order valence-electron chi connectivity index (χ2n) is 8.27. The van der Waals surface area contributed by atoms with Gasteiger partial charge in [-0.2, -0.15) is 0 Å². The molecule has 1 aromatic carbocycles. The molecule has 1 N–H and O–H groups in total. The Balaban J connectivity index is 1.65. The van der Waals surface area contributed by atoms with E-state index in [1.165, 1.54) is 4.90 Å². The number of carbonyl (C=O) groups is 2. The van der Waals surface area contributed by atoms with Crippen molar-refractivity contribution in [2.24, 2.45) is 0 Å². The third-order valence-electron chi connectivity index (χ3n) is 5.93. The Labute approximate surface area is 193 Å². The van der Waals surface area contributed by atoms with Crippen LogP contribution in [0.3, 0.4) is 0 Å². The van der Waals surface area contributed by atoms with Crippen molar-refractivity contribution in [3.05, 3.63) is 59.1 Å². The van der Waals surface area contributed by atoms with E-state index in [2.05, 4.69) is 4.90 Å². The number of nitrogens with zero attached hydrogens (tertiary/aromatic N) is 2. The molecule has 1 amide bonds. The third-order valence-corrected chi connectivity index (χ3v) is 5.93. The number of furan rings is 1. The Morgan fingerprint density at radius 2 is 1.82 bits per heavy atom. The van der Waals surface area contributed by atoms with Crippen molar-refractivity contribution in [3.63, 3.8) is 0 Å². The number of benzene rings is 1. The van der Waals surface area contributed by atoms with Crippen molar-refractivity contribution in [2.45, 2.75) is 26.3 Å². The average Bonchev–Trinajstić information content (AvgIpc) is 3.37. The van der Waals surface area contributed by atoms with Gasteiger partial charge in [-0.3, -0.25) is 14.5 Å². The summed E-state index contributed by atoms with van der Waals surface area (Å²) < 4.78 is 16.8. The molecule has 176 valence electrons. The van der Waals surface area contributed by atoms with Crippen LogP contribution < -0.4 is 4.74 Å². The van der Waals surface area contributed by atoms with Gasteiger partial charge in [0.2, 0.25) is 0 Å². The maximum absolute atomic E-state index is 13.1. The number of hydrogen-bond donors (Lipinski definition) is 1. The van der Waals surface area contributed by atoms with E-state index in [4.69, 9.17) is 13.9 Å². The highest BCUT2D eigenvalue weighted by Crippen LogP contribution is 2.40. The number of carbonyl (C=O) groups excluding carboxylic acids is 2. The van der Waals surface area contributed by atoms with Gasteiger partial charge in [-0.1, -0.05) is 6.92 Å². The predicted molar refractivity (Wildman–Crippen MR) is 122 cm³/mol. The summed E-state index contributed by atoms with van der Waals surface area (Å²) in [6.07, 6.45) is 0.887. The molecule has 0 radical (unpaired) electrons. The van der Waals surface area contributed by atoms with E-state index >= 15 is 0 Å². The van der Waals surface area contributed by atoms with Crippen LogP contribution in [0.4, 0.5) is 0 Å². The van der Waals surface area contributed by atoms with Gasteiger partial charge in [0.25, 0.3) is 11.7 Å². The van der Waals surface area contributed by atoms with Crippen molar-refractivity contribution < 1.29 is 28.6 Å². The van der Waals surface area contributed by atoms with Gasteiger partial charge >= 0.3 is 0 Å². The molecule has 1 atom stereocenters. The van der Waals surface area contributed by atoms with E-state index in [1.807, 2.05) is 6.92 Å². The predicted octanol–water partition coefficient (Wildman–Crippen LogP) is 3.13. The molecule has 0 spiro atoms. The summed E-state index contributed by atoms with van der Waals surface area (Å²) >= 11 is 0. The lowest BCUT2D eigenvalue weighted by atomic mass is 9.99. The highest BCUT2D eigenvalue weighted by molar-refractivity contribution is 6.46. The minimum absolute atomic E-state index is 0.0403. The van der Waals surface area contributed by atoms with Gasteiger partial charge in [0, 0.05) is 31.7 Å². The Hall–Kier alpha value is -3.10. The molecule has 2 aliphatic rings. The van der Waals surface area contributed by atoms with Gasteiger partial charge < -0.3 is 23.9 Å². The van der Waals surface area contributed by atoms with Crippen molar-refractivity contribution >= 4 is 17.4 Å². The van der Waals surface area contributed by atoms with Crippen LogP contribution in [-0.2, 0) is 14.3 Å². The fourth-order valence-electron chi connectivity index (χ4n) is 4.17. The van der Waals surface area contributed by atoms with Gasteiger partial charge in [-0.05, 0) is 49.7 Å². The molecule has 2 aliphatic heterocycles. The molecular weight excluding hydrogens is 424 g/mol. The lowest BCUT2D eigenvalue weighted by molar-refractivity contribution is -0.140. The molecule has 0 saturated carbocycles. The van der Waals surface area contributed by atoms with Crippen molar-refractivity contribution in [2.75, 3.05) is 46.0 Å². The van der Waals surface area contributed by atoms with Gasteiger partial charge in [0.1, 0.15) is 29.1 Å². The van der Waals surface area contributed by atoms with Crippen LogP contribution in [0.25, 0.3) is 5.76 Å². The zero-order valence-corrected chi connectivity index (χ0v) is 19.1. The van der Waals surface area contributed by atoms with Crippen LogP contribution in [0.1, 0.15) is 36.5 Å². The van der Waals surface area contributed by atoms with E-state index in [-0.39, 0.29) is 11.3 Å². The molecular formula is C25H30N2O6. The minimum Gasteiger partial charge on any atom is -0.507 e. The summed E-state index contributed by atoms with van der Waals surface area (Å²) in [5.74, 6) is 0.242. The second kappa shape index (κ2) is 10.2. The normalized spacial score (nSPS) is 21.0. The van der Waals surface area contributed by atoms with E-state index in [1.54, 1.807) is 43.3 Å². The molecule has 2 saturated heterocycles. The Morgan fingerprint density at radius 1 is 1.09 bits per heavy atom. The number of likely N-dealkylation sites (tertiary alicyclic amines) is 1. The number of ketones is 1. The lowest BCUT2D eigenvalue weighted by Crippen LogP contribution is -2.42. The summed E-state index contributed by atoms with van der Waals surface area (Å²) in [5, 5.41) is 11.1. The number of rotatable bonds is 8. The molecule has 0 unspecified atom stereocenters. The number of Topliss-reactive ketones (excluding diaryl/α,β-unsaturated/α-hetero) is 1. The zero-order chi connectivity index (χ0) is 23.4. The summed E-state index contributed by atoms with van der Waals surface area (Å²) in [6.45, 7) is 8.23. The monoisotopic (exact) mass is 454 g/mol. The summed E-state index contributed by atoms with van der Waals surface area (Å²) in [6, 6.07) is 9.62. The van der Waals surface area contributed by atoms with E-state index < -0.39 is 17.7 Å². The highest BCUT2D eigenvalue weighted by Gasteiger charge is 2.47. The van der Waals surface area contributed by atoms with Crippen molar-refractivity contribution in [1.29, 1.82) is 0 Å². The molecule has 1 aromatic heterocycles. The number of aliphatic hydroxyl groups excluding tert-OH is 1. The molecule has 3 heterocycles. The molecule has 0 bridgehead atoms. The van der Waals surface area contributed by atoms with E-state index in [0.717, 1.165) is 19.5 Å². The van der Waals surface area contributed by atoms with Crippen molar-refractivity contribution in [1.82, 2.24) is 9.80 Å². The zero-order valence-electron chi connectivity index (χ0n) is 19.1. The number of ether oxygens (including phenoxy) is 2. The van der Waals surface area contributed by atoms with Crippen molar-refractivity contribution in [3.8, 4) is 5.75 Å². The van der Waals surface area contributed by atoms with Crippen LogP contribution in [0.2, 0.25) is 0 Å².